The second-order valence-corrected chi connectivity index (χ2v) is 27.3. The lowest BCUT2D eigenvalue weighted by Gasteiger charge is -2.26. The van der Waals surface area contributed by atoms with Gasteiger partial charge in [0.2, 0.25) is 0 Å². The first kappa shape index (κ1) is 55.7. The molecule has 8 nitrogen and oxygen atoms in total. The summed E-state index contributed by atoms with van der Waals surface area (Å²) >= 11 is 0. The van der Waals surface area contributed by atoms with E-state index >= 15 is 0 Å². The van der Waals surface area contributed by atoms with Crippen LogP contribution < -0.4 is 0 Å². The Morgan fingerprint density at radius 2 is 0.483 bits per heavy atom. The number of hydrogen-bond donors (Lipinski definition) is 0. The summed E-state index contributed by atoms with van der Waals surface area (Å²) in [5, 5.41) is 7.20. The van der Waals surface area contributed by atoms with Gasteiger partial charge in [0.25, 0.3) is 0 Å². The summed E-state index contributed by atoms with van der Waals surface area (Å²) in [5.74, 6) is 0. The molecule has 14 rings (SSSR count). The van der Waals surface area contributed by atoms with Gasteiger partial charge in [-0.15, -0.1) is 0 Å². The number of benzene rings is 5. The van der Waals surface area contributed by atoms with Gasteiger partial charge in [-0.05, 0) is 215 Å². The molecule has 0 unspecified atom stereocenters. The fourth-order valence-electron chi connectivity index (χ4n) is 13.1. The van der Waals surface area contributed by atoms with Gasteiger partial charge >= 0.3 is 0 Å². The Labute approximate surface area is 510 Å². The maximum absolute atomic E-state index is 5.41. The Bertz CT molecular complexity index is 4420. The third kappa shape index (κ3) is 10.7. The average molecular weight is 1140 g/mol. The van der Waals surface area contributed by atoms with Gasteiger partial charge in [-0.3, -0.25) is 19.9 Å². The maximum atomic E-state index is 5.41. The van der Waals surface area contributed by atoms with E-state index in [-0.39, 0.29) is 0 Å². The standard InChI is InChI=1S/C44H42N4Si.C34H22N4/c1-27-23-29(3)39(30(4)24-27)41-42(40-31(5)25-28(2)26-32(40)6)44(38-20-14-18-36(48-38)34-16-10-12-22-46-34)49(7,8)43(41)37-19-13-17-35(47-37)33-15-9-11-21-45-33;1-2-12-24-23(11-1)33(31-19-9-17-29(37-31)27-15-5-7-21-35-27)25-13-3-4-14-26(25)34(24)32-20-10-18-30(38-32)28-16-6-8-22-36-28/h9-26H,1-8H3;1-22H. The van der Waals surface area contributed by atoms with Crippen molar-refractivity contribution in [1.82, 2.24) is 39.9 Å². The average Bonchev–Trinajstić information content (AvgIpc) is 1.62. The predicted octanol–water partition coefficient (Wildman–Crippen LogP) is 19.0. The predicted molar refractivity (Wildman–Crippen MR) is 362 cm³/mol. The topological polar surface area (TPSA) is 103 Å². The molecule has 0 aliphatic carbocycles. The van der Waals surface area contributed by atoms with Crippen molar-refractivity contribution >= 4 is 51.2 Å². The molecule has 0 fully saturated rings. The SMILES string of the molecule is Cc1cc(C)c(C2=C(c3cccc(-c4ccccn4)n3)[Si](C)(C)C(c3cccc(-c4ccccn4)n3)=C2c2c(C)cc(C)cc2C)c(C)c1.c1ccc(-c2cccc(-c3c4ccccc4c(-c4cccc(-c5ccccn5)n4)c4ccccc34)n2)nc1. The summed E-state index contributed by atoms with van der Waals surface area (Å²) in [6.45, 7) is 18.4. The Morgan fingerprint density at radius 3 is 0.759 bits per heavy atom. The van der Waals surface area contributed by atoms with Gasteiger partial charge < -0.3 is 0 Å². The Balaban J connectivity index is 0.000000166. The molecule has 87 heavy (non-hydrogen) atoms. The van der Waals surface area contributed by atoms with Crippen molar-refractivity contribution < 1.29 is 0 Å². The molecular weight excluding hydrogens is 1080 g/mol. The van der Waals surface area contributed by atoms with Crippen LogP contribution in [0.1, 0.15) is 55.9 Å². The molecule has 1 aliphatic rings. The van der Waals surface area contributed by atoms with Gasteiger partial charge in [-0.25, -0.2) is 19.9 Å². The van der Waals surface area contributed by atoms with Crippen molar-refractivity contribution in [3.8, 4) is 68.1 Å². The smallest absolute Gasteiger partial charge is 0.119 e. The van der Waals surface area contributed by atoms with E-state index in [2.05, 4.69) is 208 Å². The zero-order valence-corrected chi connectivity index (χ0v) is 51.2. The van der Waals surface area contributed by atoms with E-state index in [1.165, 1.54) is 66.0 Å². The van der Waals surface area contributed by atoms with Gasteiger partial charge in [0.1, 0.15) is 8.07 Å². The van der Waals surface area contributed by atoms with Crippen LogP contribution in [0.25, 0.3) is 111 Å². The summed E-state index contributed by atoms with van der Waals surface area (Å²) in [6, 6.07) is 75.3. The molecule has 1 aliphatic heterocycles. The van der Waals surface area contributed by atoms with Crippen LogP contribution in [0.5, 0.6) is 0 Å². The zero-order valence-electron chi connectivity index (χ0n) is 50.2. The first-order valence-electron chi connectivity index (χ1n) is 29.6. The van der Waals surface area contributed by atoms with Crippen molar-refractivity contribution in [2.45, 2.75) is 54.6 Å². The lowest BCUT2D eigenvalue weighted by atomic mass is 9.82. The van der Waals surface area contributed by atoms with E-state index < -0.39 is 8.07 Å². The first-order chi connectivity index (χ1) is 42.4. The molecule has 0 saturated heterocycles. The van der Waals surface area contributed by atoms with E-state index in [1.807, 2.05) is 97.3 Å². The summed E-state index contributed by atoms with van der Waals surface area (Å²) in [4.78, 5) is 39.4. The zero-order chi connectivity index (χ0) is 59.8. The third-order valence-electron chi connectivity index (χ3n) is 16.5. The second kappa shape index (κ2) is 23.5. The van der Waals surface area contributed by atoms with E-state index in [4.69, 9.17) is 19.9 Å². The van der Waals surface area contributed by atoms with Crippen LogP contribution in [-0.2, 0) is 0 Å². The van der Waals surface area contributed by atoms with Gasteiger partial charge in [0.15, 0.2) is 0 Å². The number of aryl methyl sites for hydroxylation is 6. The Morgan fingerprint density at radius 1 is 0.241 bits per heavy atom. The van der Waals surface area contributed by atoms with Crippen molar-refractivity contribution in [3.63, 3.8) is 0 Å². The monoisotopic (exact) mass is 1140 g/mol. The molecule has 9 heterocycles. The lowest BCUT2D eigenvalue weighted by Crippen LogP contribution is -2.29. The van der Waals surface area contributed by atoms with E-state index in [0.29, 0.717) is 0 Å². The molecule has 0 spiro atoms. The van der Waals surface area contributed by atoms with Crippen LogP contribution in [0.4, 0.5) is 0 Å². The molecular formula is C78H64N8Si. The second-order valence-electron chi connectivity index (χ2n) is 23.0. The van der Waals surface area contributed by atoms with E-state index in [9.17, 15) is 0 Å². The molecule has 9 heteroatoms. The fraction of sp³-hybridized carbons (Fsp3) is 0.103. The van der Waals surface area contributed by atoms with Crippen LogP contribution in [0.15, 0.2) is 243 Å². The summed E-state index contributed by atoms with van der Waals surface area (Å²) in [5.41, 5.74) is 25.7. The largest absolute Gasteiger partial charge is 0.255 e. The molecule has 0 bridgehead atoms. The minimum absolute atomic E-state index is 0.852. The van der Waals surface area contributed by atoms with Crippen molar-refractivity contribution in [2.75, 3.05) is 0 Å². The molecule has 0 atom stereocenters. The third-order valence-corrected chi connectivity index (χ3v) is 20.0. The molecule has 13 aromatic rings. The summed E-state index contributed by atoms with van der Waals surface area (Å²) in [6.07, 6.45) is 7.27. The van der Waals surface area contributed by atoms with E-state index in [1.54, 1.807) is 12.4 Å². The van der Waals surface area contributed by atoms with Crippen molar-refractivity contribution in [3.05, 3.63) is 299 Å². The number of nitrogens with zero attached hydrogens (tertiary/aromatic N) is 8. The minimum Gasteiger partial charge on any atom is -0.255 e. The quantitative estimate of drug-likeness (QED) is 0.0985. The summed E-state index contributed by atoms with van der Waals surface area (Å²) < 4.78 is 0. The highest BCUT2D eigenvalue weighted by Gasteiger charge is 2.46. The number of pyridine rings is 8. The maximum Gasteiger partial charge on any atom is 0.119 e. The molecule has 0 radical (unpaired) electrons. The lowest BCUT2D eigenvalue weighted by molar-refractivity contribution is 1.22. The molecule has 0 saturated carbocycles. The van der Waals surface area contributed by atoms with Crippen LogP contribution in [-0.4, -0.2) is 47.9 Å². The first-order valence-corrected chi connectivity index (χ1v) is 32.6. The number of rotatable bonds is 10. The molecule has 5 aromatic carbocycles. The van der Waals surface area contributed by atoms with Crippen LogP contribution in [0.2, 0.25) is 13.1 Å². The highest BCUT2D eigenvalue weighted by Crippen LogP contribution is 2.57. The molecule has 0 amide bonds. The van der Waals surface area contributed by atoms with Crippen molar-refractivity contribution in [1.29, 1.82) is 0 Å². The number of hydrogen-bond acceptors (Lipinski definition) is 8. The number of fused-ring (bicyclic) bond motifs is 2. The number of aromatic nitrogens is 8. The van der Waals surface area contributed by atoms with E-state index in [0.717, 1.165) is 101 Å². The number of allylic oxidation sites excluding steroid dienone is 2. The Hall–Kier alpha value is -10.5. The van der Waals surface area contributed by atoms with Crippen LogP contribution >= 0.6 is 0 Å². The molecule has 8 aromatic heterocycles. The Kier molecular flexibility index (Phi) is 15.1. The van der Waals surface area contributed by atoms with Gasteiger partial charge in [0, 0.05) is 35.9 Å². The molecule has 420 valence electrons. The molecule has 0 N–H and O–H groups in total. The highest BCUT2D eigenvalue weighted by molar-refractivity contribution is 7.13. The van der Waals surface area contributed by atoms with Gasteiger partial charge in [-0.1, -0.05) is 146 Å². The highest BCUT2D eigenvalue weighted by atomic mass is 28.3. The van der Waals surface area contributed by atoms with Gasteiger partial charge in [-0.2, -0.15) is 0 Å². The normalized spacial score (nSPS) is 12.8. The van der Waals surface area contributed by atoms with Crippen LogP contribution in [0.3, 0.4) is 0 Å². The summed E-state index contributed by atoms with van der Waals surface area (Å²) in [7, 11) is -2.55. The van der Waals surface area contributed by atoms with Crippen LogP contribution in [0, 0.1) is 41.5 Å². The van der Waals surface area contributed by atoms with Crippen molar-refractivity contribution in [2.24, 2.45) is 0 Å². The minimum atomic E-state index is -2.55. The fourth-order valence-corrected chi connectivity index (χ4v) is 16.7. The van der Waals surface area contributed by atoms with Gasteiger partial charge in [0.05, 0.1) is 68.3 Å².